The summed E-state index contributed by atoms with van der Waals surface area (Å²) in [6, 6.07) is 5.68. The largest absolute Gasteiger partial charge is 0.344 e. The molecule has 2 aromatic rings. The zero-order chi connectivity index (χ0) is 21.8. The van der Waals surface area contributed by atoms with Crippen LogP contribution < -0.4 is 10.6 Å². The van der Waals surface area contributed by atoms with Crippen LogP contribution in [0.1, 0.15) is 64.9 Å². The van der Waals surface area contributed by atoms with E-state index in [-0.39, 0.29) is 23.1 Å². The molecule has 4 aliphatic rings. The van der Waals surface area contributed by atoms with Crippen molar-refractivity contribution in [2.45, 2.75) is 71.8 Å². The maximum atomic E-state index is 13.5. The maximum Gasteiger partial charge on any atom is 0.248 e. The van der Waals surface area contributed by atoms with Gasteiger partial charge in [0.15, 0.2) is 5.13 Å². The SMILES string of the molecule is CCc1ccc2nc(NC(=O)C(NC(=O)C34CC5CC(CC(C5)C3)C4)C(C)C)sc2c1. The van der Waals surface area contributed by atoms with E-state index in [1.165, 1.54) is 36.2 Å². The topological polar surface area (TPSA) is 71.1 Å². The van der Waals surface area contributed by atoms with Crippen molar-refractivity contribution in [1.29, 1.82) is 0 Å². The van der Waals surface area contributed by atoms with Gasteiger partial charge in [0.2, 0.25) is 11.8 Å². The molecule has 4 bridgehead atoms. The summed E-state index contributed by atoms with van der Waals surface area (Å²) in [7, 11) is 0. The zero-order valence-corrected chi connectivity index (χ0v) is 19.6. The smallest absolute Gasteiger partial charge is 0.248 e. The summed E-state index contributed by atoms with van der Waals surface area (Å²) in [5, 5.41) is 6.75. The van der Waals surface area contributed by atoms with Crippen molar-refractivity contribution in [2.75, 3.05) is 5.32 Å². The fourth-order valence-corrected chi connectivity index (χ4v) is 7.58. The van der Waals surface area contributed by atoms with Crippen LogP contribution in [0.25, 0.3) is 10.2 Å². The van der Waals surface area contributed by atoms with Crippen molar-refractivity contribution in [3.05, 3.63) is 23.8 Å². The van der Waals surface area contributed by atoms with Crippen LogP contribution in [-0.4, -0.2) is 22.8 Å². The molecule has 6 rings (SSSR count). The third kappa shape index (κ3) is 3.88. The van der Waals surface area contributed by atoms with E-state index in [1.807, 2.05) is 19.9 Å². The number of hydrogen-bond acceptors (Lipinski definition) is 4. The minimum absolute atomic E-state index is 0.0129. The molecule has 31 heavy (non-hydrogen) atoms. The zero-order valence-electron chi connectivity index (χ0n) is 18.7. The van der Waals surface area contributed by atoms with Gasteiger partial charge in [-0.2, -0.15) is 0 Å². The number of benzene rings is 1. The van der Waals surface area contributed by atoms with Crippen LogP contribution in [0.15, 0.2) is 18.2 Å². The van der Waals surface area contributed by atoms with Gasteiger partial charge in [0, 0.05) is 5.41 Å². The number of hydrogen-bond donors (Lipinski definition) is 2. The van der Waals surface area contributed by atoms with Gasteiger partial charge in [0.05, 0.1) is 10.2 Å². The average Bonchev–Trinajstić information content (AvgIpc) is 3.11. The molecule has 1 heterocycles. The second-order valence-electron chi connectivity index (χ2n) is 10.6. The van der Waals surface area contributed by atoms with Gasteiger partial charge in [0.25, 0.3) is 0 Å². The highest BCUT2D eigenvalue weighted by Crippen LogP contribution is 2.60. The number of thiazole rings is 1. The molecule has 2 amide bonds. The van der Waals surface area contributed by atoms with Gasteiger partial charge in [-0.25, -0.2) is 4.98 Å². The van der Waals surface area contributed by atoms with Gasteiger partial charge in [-0.05, 0) is 86.3 Å². The normalized spacial score (nSPS) is 30.0. The summed E-state index contributed by atoms with van der Waals surface area (Å²) < 4.78 is 1.08. The number of nitrogens with one attached hydrogen (secondary N) is 2. The van der Waals surface area contributed by atoms with E-state index < -0.39 is 6.04 Å². The number of nitrogens with zero attached hydrogens (tertiary/aromatic N) is 1. The van der Waals surface area contributed by atoms with Gasteiger partial charge in [0.1, 0.15) is 6.04 Å². The third-order valence-corrected chi connectivity index (χ3v) is 8.78. The Morgan fingerprint density at radius 2 is 1.77 bits per heavy atom. The molecular weight excluding hydrogens is 406 g/mol. The van der Waals surface area contributed by atoms with E-state index in [4.69, 9.17) is 0 Å². The summed E-state index contributed by atoms with van der Waals surface area (Å²) in [6.45, 7) is 6.12. The van der Waals surface area contributed by atoms with E-state index in [2.05, 4.69) is 34.7 Å². The Hall–Kier alpha value is -1.95. The highest BCUT2D eigenvalue weighted by atomic mass is 32.1. The van der Waals surface area contributed by atoms with Crippen LogP contribution in [-0.2, 0) is 16.0 Å². The predicted molar refractivity (Wildman–Crippen MR) is 125 cm³/mol. The van der Waals surface area contributed by atoms with Crippen molar-refractivity contribution in [2.24, 2.45) is 29.1 Å². The fourth-order valence-electron chi connectivity index (χ4n) is 6.64. The van der Waals surface area contributed by atoms with Crippen LogP contribution >= 0.6 is 11.3 Å². The van der Waals surface area contributed by atoms with Crippen LogP contribution in [0.2, 0.25) is 0 Å². The van der Waals surface area contributed by atoms with Gasteiger partial charge < -0.3 is 10.6 Å². The molecule has 1 aromatic heterocycles. The van der Waals surface area contributed by atoms with Crippen molar-refractivity contribution < 1.29 is 9.59 Å². The molecule has 1 unspecified atom stereocenters. The lowest BCUT2D eigenvalue weighted by molar-refractivity contribution is -0.148. The number of aryl methyl sites for hydroxylation is 1. The molecule has 4 saturated carbocycles. The first-order valence-corrected chi connectivity index (χ1v) is 12.7. The number of amides is 2. The molecule has 4 fully saturated rings. The number of aromatic nitrogens is 1. The van der Waals surface area contributed by atoms with Crippen LogP contribution in [0.3, 0.4) is 0 Å². The van der Waals surface area contributed by atoms with Crippen molar-refractivity contribution in [3.8, 4) is 0 Å². The summed E-state index contributed by atoms with van der Waals surface area (Å²) in [4.78, 5) is 31.2. The highest BCUT2D eigenvalue weighted by molar-refractivity contribution is 7.22. The minimum Gasteiger partial charge on any atom is -0.344 e. The Labute approximate surface area is 188 Å². The lowest BCUT2D eigenvalue weighted by atomic mass is 9.49. The summed E-state index contributed by atoms with van der Waals surface area (Å²) in [5.74, 6) is 2.08. The van der Waals surface area contributed by atoms with E-state index in [0.717, 1.165) is 35.9 Å². The number of fused-ring (bicyclic) bond motifs is 1. The molecular formula is C25H33N3O2S. The van der Waals surface area contributed by atoms with E-state index in [9.17, 15) is 9.59 Å². The molecule has 2 N–H and O–H groups in total. The van der Waals surface area contributed by atoms with Gasteiger partial charge in [-0.1, -0.05) is 38.2 Å². The quantitative estimate of drug-likeness (QED) is 0.653. The number of rotatable bonds is 6. The van der Waals surface area contributed by atoms with E-state index in [0.29, 0.717) is 22.9 Å². The summed E-state index contributed by atoms with van der Waals surface area (Å²) in [5.41, 5.74) is 1.92. The molecule has 0 spiro atoms. The molecule has 4 aliphatic carbocycles. The van der Waals surface area contributed by atoms with Crippen LogP contribution in [0, 0.1) is 29.1 Å². The molecule has 6 heteroatoms. The van der Waals surface area contributed by atoms with Crippen molar-refractivity contribution in [1.82, 2.24) is 10.3 Å². The Morgan fingerprint density at radius 3 is 2.35 bits per heavy atom. The standard InChI is InChI=1S/C25H33N3O2S/c1-4-15-5-6-19-20(10-15)31-24(26-19)28-22(29)21(14(2)3)27-23(30)25-11-16-7-17(12-25)9-18(8-16)13-25/h5-6,10,14,16-18,21H,4,7-9,11-13H2,1-3H3,(H,27,30)(H,26,28,29). The van der Waals surface area contributed by atoms with Crippen LogP contribution in [0.4, 0.5) is 5.13 Å². The second-order valence-corrected chi connectivity index (χ2v) is 11.6. The average molecular weight is 440 g/mol. The van der Waals surface area contributed by atoms with Gasteiger partial charge in [-0.15, -0.1) is 0 Å². The Morgan fingerprint density at radius 1 is 1.13 bits per heavy atom. The number of carbonyl (C=O) groups excluding carboxylic acids is 2. The third-order valence-electron chi connectivity index (χ3n) is 7.85. The summed E-state index contributed by atoms with van der Waals surface area (Å²) >= 11 is 1.49. The monoisotopic (exact) mass is 439 g/mol. The first-order chi connectivity index (χ1) is 14.8. The number of anilines is 1. The van der Waals surface area contributed by atoms with E-state index in [1.54, 1.807) is 0 Å². The van der Waals surface area contributed by atoms with Crippen LogP contribution in [0.5, 0.6) is 0 Å². The first kappa shape index (κ1) is 20.9. The molecule has 1 atom stereocenters. The van der Waals surface area contributed by atoms with Gasteiger partial charge in [-0.3, -0.25) is 9.59 Å². The molecule has 1 aromatic carbocycles. The van der Waals surface area contributed by atoms with Crippen molar-refractivity contribution >= 4 is 38.5 Å². The Balaban J connectivity index is 1.30. The highest BCUT2D eigenvalue weighted by Gasteiger charge is 2.55. The predicted octanol–water partition coefficient (Wildman–Crippen LogP) is 5.15. The molecule has 0 saturated heterocycles. The Bertz CT molecular complexity index is 976. The first-order valence-electron chi connectivity index (χ1n) is 11.9. The lowest BCUT2D eigenvalue weighted by Gasteiger charge is -2.55. The fraction of sp³-hybridized carbons (Fsp3) is 0.640. The van der Waals surface area contributed by atoms with E-state index >= 15 is 0 Å². The number of carbonyl (C=O) groups is 2. The van der Waals surface area contributed by atoms with Gasteiger partial charge >= 0.3 is 0 Å². The lowest BCUT2D eigenvalue weighted by Crippen LogP contribution is -2.57. The molecule has 0 aliphatic heterocycles. The second kappa shape index (κ2) is 7.88. The Kier molecular flexibility index (Phi) is 5.32. The molecule has 5 nitrogen and oxygen atoms in total. The maximum absolute atomic E-state index is 13.5. The summed E-state index contributed by atoms with van der Waals surface area (Å²) in [6.07, 6.45) is 7.91. The molecule has 166 valence electrons. The molecule has 0 radical (unpaired) electrons. The van der Waals surface area contributed by atoms with Crippen molar-refractivity contribution in [3.63, 3.8) is 0 Å². The minimum atomic E-state index is -0.543.